The Morgan fingerprint density at radius 1 is 1.17 bits per heavy atom. The molecule has 1 aromatic rings. The summed E-state index contributed by atoms with van der Waals surface area (Å²) in [6, 6.07) is 6.16. The Bertz CT molecular complexity index is 423. The molecule has 0 spiro atoms. The van der Waals surface area contributed by atoms with E-state index in [1.807, 2.05) is 6.92 Å². The number of hydrogen-bond donors (Lipinski definition) is 3. The third-order valence-electron chi connectivity index (χ3n) is 3.49. The summed E-state index contributed by atoms with van der Waals surface area (Å²) in [5.41, 5.74) is 0.601. The van der Waals surface area contributed by atoms with E-state index >= 15 is 0 Å². The van der Waals surface area contributed by atoms with Crippen LogP contribution in [0.25, 0.3) is 0 Å². The predicted octanol–water partition coefficient (Wildman–Crippen LogP) is 3.37. The van der Waals surface area contributed by atoms with Crippen LogP contribution in [0.2, 0.25) is 0 Å². The minimum Gasteiger partial charge on any atom is -0.508 e. The van der Waals surface area contributed by atoms with Gasteiger partial charge in [0, 0.05) is 0 Å². The highest BCUT2D eigenvalue weighted by molar-refractivity contribution is 7.53. The summed E-state index contributed by atoms with van der Waals surface area (Å²) >= 11 is 0. The molecule has 0 aliphatic rings. The van der Waals surface area contributed by atoms with Gasteiger partial charge in [0.25, 0.3) is 0 Å². The monoisotopic (exact) mass is 272 g/mol. The lowest BCUT2D eigenvalue weighted by molar-refractivity contribution is 0.308. The molecule has 0 saturated heterocycles. The van der Waals surface area contributed by atoms with Gasteiger partial charge in [-0.3, -0.25) is 4.57 Å². The van der Waals surface area contributed by atoms with E-state index in [0.717, 1.165) is 12.8 Å². The topological polar surface area (TPSA) is 77.8 Å². The van der Waals surface area contributed by atoms with Crippen molar-refractivity contribution in [2.75, 3.05) is 0 Å². The second-order valence-corrected chi connectivity index (χ2v) is 6.52. The van der Waals surface area contributed by atoms with Crippen molar-refractivity contribution in [3.05, 3.63) is 29.8 Å². The van der Waals surface area contributed by atoms with Gasteiger partial charge in [0.05, 0.1) is 5.16 Å². The van der Waals surface area contributed by atoms with Crippen molar-refractivity contribution in [3.63, 3.8) is 0 Å². The molecule has 0 aliphatic heterocycles. The lowest BCUT2D eigenvalue weighted by Crippen LogP contribution is -2.25. The van der Waals surface area contributed by atoms with Gasteiger partial charge in [-0.1, -0.05) is 38.8 Å². The highest BCUT2D eigenvalue weighted by atomic mass is 31.2. The van der Waals surface area contributed by atoms with Crippen molar-refractivity contribution in [2.45, 2.75) is 44.7 Å². The minimum absolute atomic E-state index is 0.102. The molecule has 0 amide bonds. The van der Waals surface area contributed by atoms with Crippen molar-refractivity contribution >= 4 is 7.60 Å². The normalized spacial score (nSPS) is 15.3. The first-order chi connectivity index (χ1) is 8.37. The predicted molar refractivity (Wildman–Crippen MR) is 71.6 cm³/mol. The number of phenols is 1. The van der Waals surface area contributed by atoms with E-state index in [2.05, 4.69) is 0 Å². The Balaban J connectivity index is 3.26. The Morgan fingerprint density at radius 3 is 2.11 bits per heavy atom. The van der Waals surface area contributed by atoms with Crippen LogP contribution >= 0.6 is 7.60 Å². The van der Waals surface area contributed by atoms with Gasteiger partial charge >= 0.3 is 7.60 Å². The zero-order chi connectivity index (χ0) is 13.8. The highest BCUT2D eigenvalue weighted by Gasteiger charge is 2.46. The fourth-order valence-corrected chi connectivity index (χ4v) is 3.63. The van der Waals surface area contributed by atoms with Crippen LogP contribution in [0.4, 0.5) is 0 Å². The fourth-order valence-electron chi connectivity index (χ4n) is 2.29. The number of rotatable bonds is 6. The number of unbranched alkanes of at least 4 members (excludes halogenated alkanes) is 1. The molecule has 1 unspecified atom stereocenters. The Kier molecular flexibility index (Phi) is 4.97. The van der Waals surface area contributed by atoms with E-state index < -0.39 is 12.8 Å². The molecule has 0 radical (unpaired) electrons. The van der Waals surface area contributed by atoms with Crippen LogP contribution in [-0.4, -0.2) is 14.9 Å². The van der Waals surface area contributed by atoms with Gasteiger partial charge in [-0.05, 0) is 30.5 Å². The van der Waals surface area contributed by atoms with E-state index in [1.165, 1.54) is 12.1 Å². The molecule has 3 N–H and O–H groups in total. The second-order valence-electron chi connectivity index (χ2n) is 4.58. The highest BCUT2D eigenvalue weighted by Crippen LogP contribution is 2.61. The summed E-state index contributed by atoms with van der Waals surface area (Å²) in [7, 11) is -4.26. The molecule has 0 fully saturated rings. The van der Waals surface area contributed by atoms with Gasteiger partial charge < -0.3 is 14.9 Å². The van der Waals surface area contributed by atoms with E-state index in [0.29, 0.717) is 18.4 Å². The molecule has 4 nitrogen and oxygen atoms in total. The van der Waals surface area contributed by atoms with Gasteiger partial charge in [0.2, 0.25) is 0 Å². The standard InChI is InChI=1S/C13H21O4P/c1-3-5-10-13(4-2,18(15,16)17)11-6-8-12(14)9-7-11/h6-9,14H,3-5,10H2,1-2H3,(H2,15,16,17). The smallest absolute Gasteiger partial charge is 0.335 e. The maximum absolute atomic E-state index is 11.9. The van der Waals surface area contributed by atoms with Crippen LogP contribution in [0.15, 0.2) is 24.3 Å². The van der Waals surface area contributed by atoms with Gasteiger partial charge in [-0.2, -0.15) is 0 Å². The first-order valence-corrected chi connectivity index (χ1v) is 7.83. The van der Waals surface area contributed by atoms with Gasteiger partial charge in [0.1, 0.15) is 5.75 Å². The SMILES string of the molecule is CCCCC(CC)(c1ccc(O)cc1)P(=O)(O)O. The quantitative estimate of drug-likeness (QED) is 0.694. The third-order valence-corrected chi connectivity index (χ3v) is 5.40. The lowest BCUT2D eigenvalue weighted by atomic mass is 9.90. The molecular weight excluding hydrogens is 251 g/mol. The van der Waals surface area contributed by atoms with Crippen molar-refractivity contribution in [3.8, 4) is 5.75 Å². The largest absolute Gasteiger partial charge is 0.508 e. The molecule has 18 heavy (non-hydrogen) atoms. The van der Waals surface area contributed by atoms with Crippen LogP contribution in [-0.2, 0) is 9.72 Å². The molecule has 0 heterocycles. The molecule has 0 bridgehead atoms. The Labute approximate surface area is 108 Å². The van der Waals surface area contributed by atoms with E-state index in [1.54, 1.807) is 19.1 Å². The summed E-state index contributed by atoms with van der Waals surface area (Å²) < 4.78 is 11.9. The van der Waals surface area contributed by atoms with Crippen LogP contribution in [0.3, 0.4) is 0 Å². The zero-order valence-electron chi connectivity index (χ0n) is 10.8. The number of benzene rings is 1. The molecule has 0 aromatic heterocycles. The first-order valence-electron chi connectivity index (χ1n) is 6.22. The summed E-state index contributed by atoms with van der Waals surface area (Å²) in [6.45, 7) is 3.79. The zero-order valence-corrected chi connectivity index (χ0v) is 11.7. The Hall–Kier alpha value is -0.830. The number of aromatic hydroxyl groups is 1. The fraction of sp³-hybridized carbons (Fsp3) is 0.538. The summed E-state index contributed by atoms with van der Waals surface area (Å²) in [5.74, 6) is 0.102. The average molecular weight is 272 g/mol. The van der Waals surface area contributed by atoms with E-state index in [-0.39, 0.29) is 5.75 Å². The van der Waals surface area contributed by atoms with Gasteiger partial charge in [0.15, 0.2) is 0 Å². The molecule has 1 rings (SSSR count). The molecule has 0 saturated carbocycles. The average Bonchev–Trinajstić information content (AvgIpc) is 2.31. The second kappa shape index (κ2) is 5.87. The summed E-state index contributed by atoms with van der Waals surface area (Å²) in [4.78, 5) is 19.5. The first kappa shape index (κ1) is 15.2. The maximum atomic E-state index is 11.9. The summed E-state index contributed by atoms with van der Waals surface area (Å²) in [6.07, 6.45) is 2.48. The Morgan fingerprint density at radius 2 is 1.72 bits per heavy atom. The van der Waals surface area contributed by atoms with Crippen LogP contribution in [0.1, 0.15) is 45.1 Å². The molecule has 5 heteroatoms. The number of phenolic OH excluding ortho intramolecular Hbond substituents is 1. The molecule has 1 aromatic carbocycles. The maximum Gasteiger partial charge on any atom is 0.335 e. The van der Waals surface area contributed by atoms with Crippen molar-refractivity contribution < 1.29 is 19.5 Å². The van der Waals surface area contributed by atoms with Crippen LogP contribution in [0, 0.1) is 0 Å². The minimum atomic E-state index is -4.26. The number of hydrogen-bond acceptors (Lipinski definition) is 2. The summed E-state index contributed by atoms with van der Waals surface area (Å²) in [5, 5.41) is 8.15. The van der Waals surface area contributed by atoms with Gasteiger partial charge in [-0.25, -0.2) is 0 Å². The lowest BCUT2D eigenvalue weighted by Gasteiger charge is -2.34. The van der Waals surface area contributed by atoms with Gasteiger partial charge in [-0.15, -0.1) is 0 Å². The molecule has 0 aliphatic carbocycles. The van der Waals surface area contributed by atoms with Crippen molar-refractivity contribution in [1.82, 2.24) is 0 Å². The van der Waals surface area contributed by atoms with Crippen molar-refractivity contribution in [1.29, 1.82) is 0 Å². The van der Waals surface area contributed by atoms with E-state index in [9.17, 15) is 19.5 Å². The third kappa shape index (κ3) is 2.94. The molecular formula is C13H21O4P. The van der Waals surface area contributed by atoms with Crippen LogP contribution < -0.4 is 0 Å². The molecule has 1 atom stereocenters. The molecule has 102 valence electrons. The van der Waals surface area contributed by atoms with Crippen molar-refractivity contribution in [2.24, 2.45) is 0 Å². The van der Waals surface area contributed by atoms with E-state index in [4.69, 9.17) is 0 Å². The van der Waals surface area contributed by atoms with Crippen LogP contribution in [0.5, 0.6) is 5.75 Å².